The zero-order valence-corrected chi connectivity index (χ0v) is 15.5. The Balaban J connectivity index is 1.44. The van der Waals surface area contributed by atoms with Crippen molar-refractivity contribution in [1.29, 1.82) is 0 Å². The molecule has 1 N–H and O–H groups in total. The smallest absolute Gasteiger partial charge is 0.254 e. The normalized spacial score (nSPS) is 10.7. The van der Waals surface area contributed by atoms with Crippen LogP contribution < -0.4 is 10.9 Å². The Bertz CT molecular complexity index is 1120. The molecule has 4 rings (SSSR count). The standard InChI is InChI=1S/C18H13N5O2S2/c24-16(22-18-21-14(10-27-18)12-3-1-5-19-8-12)9-23-11-20-13(7-17(23)25)15-4-2-6-26-15/h1-8,10-11H,9H2,(H,21,22,24). The number of hydrogen-bond acceptors (Lipinski definition) is 7. The maximum absolute atomic E-state index is 12.3. The van der Waals surface area contributed by atoms with Crippen LogP contribution in [0.2, 0.25) is 0 Å². The maximum Gasteiger partial charge on any atom is 0.254 e. The van der Waals surface area contributed by atoms with Crippen LogP contribution in [0.5, 0.6) is 0 Å². The topological polar surface area (TPSA) is 89.8 Å². The van der Waals surface area contributed by atoms with Gasteiger partial charge in [0, 0.05) is 29.4 Å². The maximum atomic E-state index is 12.3. The van der Waals surface area contributed by atoms with Crippen LogP contribution in [-0.2, 0) is 11.3 Å². The van der Waals surface area contributed by atoms with E-state index in [0.717, 1.165) is 16.1 Å². The summed E-state index contributed by atoms with van der Waals surface area (Å²) in [6, 6.07) is 8.95. The third kappa shape index (κ3) is 3.99. The lowest BCUT2D eigenvalue weighted by atomic mass is 10.2. The molecule has 0 aliphatic rings. The van der Waals surface area contributed by atoms with Crippen molar-refractivity contribution in [2.24, 2.45) is 0 Å². The molecule has 0 fully saturated rings. The first-order chi connectivity index (χ1) is 13.2. The molecule has 0 unspecified atom stereocenters. The quantitative estimate of drug-likeness (QED) is 0.561. The molecule has 0 saturated carbocycles. The molecule has 0 saturated heterocycles. The Morgan fingerprint density at radius 1 is 1.19 bits per heavy atom. The van der Waals surface area contributed by atoms with E-state index < -0.39 is 0 Å². The molecule has 7 nitrogen and oxygen atoms in total. The number of carbonyl (C=O) groups excluding carboxylic acids is 1. The highest BCUT2D eigenvalue weighted by Gasteiger charge is 2.11. The van der Waals surface area contributed by atoms with E-state index in [1.54, 1.807) is 12.4 Å². The number of aromatic nitrogens is 4. The van der Waals surface area contributed by atoms with Gasteiger partial charge in [-0.3, -0.25) is 19.1 Å². The third-order valence-corrected chi connectivity index (χ3v) is 5.32. The van der Waals surface area contributed by atoms with Crippen LogP contribution in [0.15, 0.2) is 64.6 Å². The highest BCUT2D eigenvalue weighted by Crippen LogP contribution is 2.24. The molecule has 1 amide bonds. The number of rotatable bonds is 5. The minimum Gasteiger partial charge on any atom is -0.300 e. The van der Waals surface area contributed by atoms with Crippen LogP contribution in [0.4, 0.5) is 5.13 Å². The molecule has 0 bridgehead atoms. The van der Waals surface area contributed by atoms with Gasteiger partial charge in [0.05, 0.1) is 22.6 Å². The lowest BCUT2D eigenvalue weighted by Gasteiger charge is -2.05. The van der Waals surface area contributed by atoms with E-state index in [2.05, 4.69) is 20.3 Å². The second-order valence-corrected chi connectivity index (χ2v) is 7.35. The van der Waals surface area contributed by atoms with E-state index in [9.17, 15) is 9.59 Å². The van der Waals surface area contributed by atoms with Crippen LogP contribution >= 0.6 is 22.7 Å². The Labute approximate surface area is 162 Å². The average Bonchev–Trinajstić information content (AvgIpc) is 3.36. The second kappa shape index (κ2) is 7.60. The highest BCUT2D eigenvalue weighted by molar-refractivity contribution is 7.14. The summed E-state index contributed by atoms with van der Waals surface area (Å²) >= 11 is 2.82. The van der Waals surface area contributed by atoms with Crippen molar-refractivity contribution in [2.75, 3.05) is 5.32 Å². The third-order valence-electron chi connectivity index (χ3n) is 3.67. The van der Waals surface area contributed by atoms with Crippen molar-refractivity contribution in [2.45, 2.75) is 6.54 Å². The molecule has 27 heavy (non-hydrogen) atoms. The van der Waals surface area contributed by atoms with E-state index in [0.29, 0.717) is 10.8 Å². The van der Waals surface area contributed by atoms with Crippen molar-refractivity contribution in [3.63, 3.8) is 0 Å². The molecule has 4 heterocycles. The largest absolute Gasteiger partial charge is 0.300 e. The summed E-state index contributed by atoms with van der Waals surface area (Å²) < 4.78 is 1.27. The predicted molar refractivity (Wildman–Crippen MR) is 106 cm³/mol. The molecule has 0 aliphatic heterocycles. The molecule has 0 atom stereocenters. The summed E-state index contributed by atoms with van der Waals surface area (Å²) in [5, 5.41) is 6.94. The number of amides is 1. The molecule has 4 aromatic rings. The van der Waals surface area contributed by atoms with Crippen LogP contribution in [0.25, 0.3) is 21.8 Å². The monoisotopic (exact) mass is 395 g/mol. The zero-order valence-electron chi connectivity index (χ0n) is 13.9. The first kappa shape index (κ1) is 17.3. The van der Waals surface area contributed by atoms with Crippen molar-refractivity contribution in [1.82, 2.24) is 19.5 Å². The van der Waals surface area contributed by atoms with Gasteiger partial charge in [0.1, 0.15) is 6.54 Å². The first-order valence-corrected chi connectivity index (χ1v) is 9.71. The van der Waals surface area contributed by atoms with Crippen LogP contribution in [0.3, 0.4) is 0 Å². The number of thiazole rings is 1. The van der Waals surface area contributed by atoms with E-state index in [1.807, 2.05) is 35.0 Å². The first-order valence-electron chi connectivity index (χ1n) is 7.95. The van der Waals surface area contributed by atoms with Gasteiger partial charge < -0.3 is 5.32 Å². The van der Waals surface area contributed by atoms with E-state index in [4.69, 9.17) is 0 Å². The van der Waals surface area contributed by atoms with Gasteiger partial charge in [0.25, 0.3) is 5.56 Å². The zero-order chi connectivity index (χ0) is 18.6. The molecular formula is C18H13N5O2S2. The Morgan fingerprint density at radius 3 is 2.85 bits per heavy atom. The van der Waals surface area contributed by atoms with Gasteiger partial charge in [-0.25, -0.2) is 9.97 Å². The number of carbonyl (C=O) groups is 1. The van der Waals surface area contributed by atoms with Crippen molar-refractivity contribution < 1.29 is 4.79 Å². The summed E-state index contributed by atoms with van der Waals surface area (Å²) in [5.74, 6) is -0.338. The van der Waals surface area contributed by atoms with Gasteiger partial charge in [0.2, 0.25) is 5.91 Å². The molecule has 9 heteroatoms. The van der Waals surface area contributed by atoms with Gasteiger partial charge in [-0.2, -0.15) is 0 Å². The van der Waals surface area contributed by atoms with E-state index >= 15 is 0 Å². The van der Waals surface area contributed by atoms with Crippen molar-refractivity contribution in [3.05, 3.63) is 70.2 Å². The fourth-order valence-corrected chi connectivity index (χ4v) is 3.82. The molecule has 0 radical (unpaired) electrons. The predicted octanol–water partition coefficient (Wildman–Crippen LogP) is 3.13. The second-order valence-electron chi connectivity index (χ2n) is 5.55. The Kier molecular flexibility index (Phi) is 4.86. The van der Waals surface area contributed by atoms with Gasteiger partial charge >= 0.3 is 0 Å². The molecule has 134 valence electrons. The summed E-state index contributed by atoms with van der Waals surface area (Å²) in [7, 11) is 0. The van der Waals surface area contributed by atoms with E-state index in [-0.39, 0.29) is 18.0 Å². The van der Waals surface area contributed by atoms with E-state index in [1.165, 1.54) is 39.6 Å². The summed E-state index contributed by atoms with van der Waals surface area (Å²) in [4.78, 5) is 38.1. The Hall–Kier alpha value is -3.17. The highest BCUT2D eigenvalue weighted by atomic mass is 32.1. The van der Waals surface area contributed by atoms with Crippen LogP contribution in [0.1, 0.15) is 0 Å². The molecule has 0 spiro atoms. The van der Waals surface area contributed by atoms with Crippen molar-refractivity contribution >= 4 is 33.7 Å². The number of anilines is 1. The van der Waals surface area contributed by atoms with Gasteiger partial charge in [-0.15, -0.1) is 22.7 Å². The number of nitrogens with zero attached hydrogens (tertiary/aromatic N) is 4. The summed E-state index contributed by atoms with van der Waals surface area (Å²) in [5.41, 5.74) is 1.94. The Morgan fingerprint density at radius 2 is 2.11 bits per heavy atom. The number of pyridine rings is 1. The van der Waals surface area contributed by atoms with Crippen LogP contribution in [0, 0.1) is 0 Å². The fourth-order valence-electron chi connectivity index (χ4n) is 2.40. The minimum absolute atomic E-state index is 0.127. The number of thiophene rings is 1. The lowest BCUT2D eigenvalue weighted by Crippen LogP contribution is -2.27. The van der Waals surface area contributed by atoms with Gasteiger partial charge in [-0.05, 0) is 23.6 Å². The van der Waals surface area contributed by atoms with Gasteiger partial charge in [-0.1, -0.05) is 6.07 Å². The number of nitrogens with one attached hydrogen (secondary N) is 1. The summed E-state index contributed by atoms with van der Waals surface area (Å²) in [6.45, 7) is -0.127. The molecule has 0 aliphatic carbocycles. The minimum atomic E-state index is -0.338. The number of hydrogen-bond donors (Lipinski definition) is 1. The van der Waals surface area contributed by atoms with Gasteiger partial charge in [0.15, 0.2) is 5.13 Å². The fraction of sp³-hybridized carbons (Fsp3) is 0.0556. The van der Waals surface area contributed by atoms with Crippen molar-refractivity contribution in [3.8, 4) is 21.8 Å². The SMILES string of the molecule is O=C(Cn1cnc(-c2cccs2)cc1=O)Nc1nc(-c2cccnc2)cs1. The summed E-state index contributed by atoms with van der Waals surface area (Å²) in [6.07, 6.45) is 4.79. The van der Waals surface area contributed by atoms with Crippen LogP contribution in [-0.4, -0.2) is 25.4 Å². The molecule has 0 aromatic carbocycles. The molecular weight excluding hydrogens is 382 g/mol. The lowest BCUT2D eigenvalue weighted by molar-refractivity contribution is -0.116. The molecule has 4 aromatic heterocycles. The average molecular weight is 395 g/mol.